The second kappa shape index (κ2) is 10.8. The van der Waals surface area contributed by atoms with Crippen LogP contribution in [0.2, 0.25) is 0 Å². The Morgan fingerprint density at radius 3 is 2.21 bits per heavy atom. The Morgan fingerprint density at radius 2 is 1.61 bits per heavy atom. The molecule has 0 saturated heterocycles. The van der Waals surface area contributed by atoms with Crippen LogP contribution in [-0.2, 0) is 16.1 Å². The molecule has 0 aliphatic rings. The number of ether oxygens (including phenoxy) is 2. The minimum absolute atomic E-state index is 0.0672. The van der Waals surface area contributed by atoms with E-state index in [1.807, 2.05) is 12.1 Å². The molecule has 0 bridgehead atoms. The number of hydrogen-bond donors (Lipinski definition) is 4. The molecule has 33 heavy (non-hydrogen) atoms. The zero-order chi connectivity index (χ0) is 23.8. The molecule has 0 aliphatic heterocycles. The van der Waals surface area contributed by atoms with Gasteiger partial charge in [0, 0.05) is 23.4 Å². The zero-order valence-corrected chi connectivity index (χ0v) is 18.4. The lowest BCUT2D eigenvalue weighted by molar-refractivity contribution is -0.129. The summed E-state index contributed by atoms with van der Waals surface area (Å²) in [6.07, 6.45) is 0. The minimum atomic E-state index is -1.07. The predicted molar refractivity (Wildman–Crippen MR) is 127 cm³/mol. The molecule has 170 valence electrons. The molecule has 0 heterocycles. The van der Waals surface area contributed by atoms with Crippen molar-refractivity contribution in [1.82, 2.24) is 5.32 Å². The maximum absolute atomic E-state index is 13.2. The van der Waals surface area contributed by atoms with Gasteiger partial charge in [0.05, 0.1) is 14.2 Å². The van der Waals surface area contributed by atoms with Crippen molar-refractivity contribution in [1.29, 1.82) is 5.41 Å². The third-order valence-corrected chi connectivity index (χ3v) is 5.06. The van der Waals surface area contributed by atoms with Gasteiger partial charge in [0.1, 0.15) is 11.8 Å². The summed E-state index contributed by atoms with van der Waals surface area (Å²) in [5, 5.41) is 13.1. The molecular weight excluding hydrogens is 420 g/mol. The molecule has 2 amide bonds. The van der Waals surface area contributed by atoms with Gasteiger partial charge in [-0.25, -0.2) is 0 Å². The van der Waals surface area contributed by atoms with Gasteiger partial charge in [-0.3, -0.25) is 15.0 Å². The molecule has 1 unspecified atom stereocenters. The number of nitrogens with two attached hydrogens (primary N) is 1. The van der Waals surface area contributed by atoms with Gasteiger partial charge in [0.25, 0.3) is 0 Å². The molecule has 3 aromatic rings. The monoisotopic (exact) mass is 446 g/mol. The molecule has 0 saturated carbocycles. The van der Waals surface area contributed by atoms with Gasteiger partial charge in [0.2, 0.25) is 11.8 Å². The minimum Gasteiger partial charge on any atom is -0.493 e. The van der Waals surface area contributed by atoms with Crippen molar-refractivity contribution >= 4 is 23.3 Å². The number of methoxy groups -OCH3 is 2. The van der Waals surface area contributed by atoms with E-state index in [-0.39, 0.29) is 12.4 Å². The molecule has 0 aromatic heterocycles. The lowest BCUT2D eigenvalue weighted by atomic mass is 9.96. The van der Waals surface area contributed by atoms with E-state index in [4.69, 9.17) is 20.6 Å². The number of benzene rings is 3. The fourth-order valence-electron chi connectivity index (χ4n) is 3.39. The van der Waals surface area contributed by atoms with Crippen LogP contribution >= 0.6 is 0 Å². The number of nitrogen functional groups attached to an aromatic ring is 1. The maximum atomic E-state index is 13.2. The number of carbonyl (C=O) groups is 2. The van der Waals surface area contributed by atoms with Crippen LogP contribution in [0.25, 0.3) is 0 Å². The van der Waals surface area contributed by atoms with Crippen molar-refractivity contribution in [3.8, 4) is 11.5 Å². The van der Waals surface area contributed by atoms with Crippen LogP contribution in [0, 0.1) is 5.41 Å². The van der Waals surface area contributed by atoms with Crippen LogP contribution in [-0.4, -0.2) is 31.9 Å². The van der Waals surface area contributed by atoms with Crippen molar-refractivity contribution in [2.45, 2.75) is 12.5 Å². The van der Waals surface area contributed by atoms with Crippen molar-refractivity contribution in [2.24, 2.45) is 5.73 Å². The fourth-order valence-corrected chi connectivity index (χ4v) is 3.39. The fraction of sp³-hybridized carbons (Fsp3) is 0.160. The second-order valence-corrected chi connectivity index (χ2v) is 7.19. The Kier molecular flexibility index (Phi) is 7.64. The van der Waals surface area contributed by atoms with E-state index in [9.17, 15) is 9.59 Å². The normalized spacial score (nSPS) is 11.2. The summed E-state index contributed by atoms with van der Waals surface area (Å²) in [6.45, 7) is 0.156. The van der Waals surface area contributed by atoms with Gasteiger partial charge in [-0.2, -0.15) is 0 Å². The topological polar surface area (TPSA) is 127 Å². The average Bonchev–Trinajstić information content (AvgIpc) is 2.83. The molecule has 0 fully saturated rings. The summed E-state index contributed by atoms with van der Waals surface area (Å²) in [5.74, 6) is -1.00. The third-order valence-electron chi connectivity index (χ3n) is 5.06. The summed E-state index contributed by atoms with van der Waals surface area (Å²) in [6, 6.07) is 20.7. The van der Waals surface area contributed by atoms with Gasteiger partial charge in [-0.1, -0.05) is 42.5 Å². The van der Waals surface area contributed by atoms with Crippen LogP contribution in [0.4, 0.5) is 5.69 Å². The highest BCUT2D eigenvalue weighted by molar-refractivity contribution is 6.11. The van der Waals surface area contributed by atoms with Gasteiger partial charge < -0.3 is 25.8 Å². The van der Waals surface area contributed by atoms with Crippen molar-refractivity contribution < 1.29 is 19.1 Å². The molecule has 8 heteroatoms. The van der Waals surface area contributed by atoms with E-state index in [1.54, 1.807) is 67.8 Å². The number of para-hydroxylation sites is 1. The highest BCUT2D eigenvalue weighted by Crippen LogP contribution is 2.30. The molecule has 8 nitrogen and oxygen atoms in total. The van der Waals surface area contributed by atoms with E-state index in [0.29, 0.717) is 28.3 Å². The van der Waals surface area contributed by atoms with Crippen LogP contribution in [0.1, 0.15) is 22.6 Å². The van der Waals surface area contributed by atoms with Crippen LogP contribution < -0.4 is 25.8 Å². The van der Waals surface area contributed by atoms with Gasteiger partial charge in [-0.05, 0) is 35.9 Å². The van der Waals surface area contributed by atoms with Crippen LogP contribution in [0.3, 0.4) is 0 Å². The maximum Gasteiger partial charge on any atom is 0.241 e. The molecule has 0 spiro atoms. The molecule has 5 N–H and O–H groups in total. The van der Waals surface area contributed by atoms with Crippen LogP contribution in [0.15, 0.2) is 72.8 Å². The smallest absolute Gasteiger partial charge is 0.241 e. The standard InChI is InChI=1S/C25H26N4O4/c1-32-20-10-6-9-18(22(20)33-2)15-28-24(30)21(16-7-4-3-5-8-16)25(31)29-19-13-11-17(12-14-19)23(26)27/h3-14,21H,15H2,1-2H3,(H3,26,27)(H,28,30)(H,29,31). The van der Waals surface area contributed by atoms with Crippen molar-refractivity contribution in [2.75, 3.05) is 19.5 Å². The Labute approximate surface area is 192 Å². The number of amides is 2. The first-order valence-corrected chi connectivity index (χ1v) is 10.2. The first-order chi connectivity index (χ1) is 15.9. The van der Waals surface area contributed by atoms with E-state index in [1.165, 1.54) is 7.11 Å². The molecule has 3 aromatic carbocycles. The predicted octanol–water partition coefficient (Wildman–Crippen LogP) is 3.03. The first kappa shape index (κ1) is 23.3. The van der Waals surface area contributed by atoms with Gasteiger partial charge in [0.15, 0.2) is 11.5 Å². The number of carbonyl (C=O) groups excluding carboxylic acids is 2. The SMILES string of the molecule is COc1cccc(CNC(=O)C(C(=O)Nc2ccc(C(=N)N)cc2)c2ccccc2)c1OC. The molecule has 0 aliphatic carbocycles. The highest BCUT2D eigenvalue weighted by Gasteiger charge is 2.28. The van der Waals surface area contributed by atoms with E-state index >= 15 is 0 Å². The lowest BCUT2D eigenvalue weighted by Crippen LogP contribution is -2.36. The van der Waals surface area contributed by atoms with Gasteiger partial charge >= 0.3 is 0 Å². The molecule has 3 rings (SSSR count). The lowest BCUT2D eigenvalue weighted by Gasteiger charge is -2.18. The Morgan fingerprint density at radius 1 is 0.909 bits per heavy atom. The van der Waals surface area contributed by atoms with Crippen molar-refractivity contribution in [3.05, 3.63) is 89.5 Å². The number of amidine groups is 1. The van der Waals surface area contributed by atoms with Crippen LogP contribution in [0.5, 0.6) is 11.5 Å². The Hall–Kier alpha value is -4.33. The number of nitrogens with one attached hydrogen (secondary N) is 3. The van der Waals surface area contributed by atoms with Crippen molar-refractivity contribution in [3.63, 3.8) is 0 Å². The summed E-state index contributed by atoms with van der Waals surface area (Å²) < 4.78 is 10.7. The van der Waals surface area contributed by atoms with Gasteiger partial charge in [-0.15, -0.1) is 0 Å². The largest absolute Gasteiger partial charge is 0.493 e. The summed E-state index contributed by atoms with van der Waals surface area (Å²) in [7, 11) is 3.07. The summed E-state index contributed by atoms with van der Waals surface area (Å²) in [5.41, 5.74) is 7.79. The zero-order valence-electron chi connectivity index (χ0n) is 18.4. The quantitative estimate of drug-likeness (QED) is 0.228. The highest BCUT2D eigenvalue weighted by atomic mass is 16.5. The molecule has 0 radical (unpaired) electrons. The summed E-state index contributed by atoms with van der Waals surface area (Å²) in [4.78, 5) is 26.3. The summed E-state index contributed by atoms with van der Waals surface area (Å²) >= 11 is 0. The average molecular weight is 447 g/mol. The number of hydrogen-bond acceptors (Lipinski definition) is 5. The molecular formula is C25H26N4O4. The van der Waals surface area contributed by atoms with E-state index < -0.39 is 17.7 Å². The van der Waals surface area contributed by atoms with E-state index in [2.05, 4.69) is 10.6 Å². The Bertz CT molecular complexity index is 1130. The second-order valence-electron chi connectivity index (χ2n) is 7.19. The van der Waals surface area contributed by atoms with E-state index in [0.717, 1.165) is 5.56 Å². The Balaban J connectivity index is 1.80. The first-order valence-electron chi connectivity index (χ1n) is 10.2. The third kappa shape index (κ3) is 5.68. The number of rotatable bonds is 9. The number of anilines is 1. The molecule has 1 atom stereocenters.